The van der Waals surface area contributed by atoms with Gasteiger partial charge < -0.3 is 5.32 Å². The van der Waals surface area contributed by atoms with Crippen LogP contribution < -0.4 is 5.32 Å². The molecule has 0 spiro atoms. The first-order valence-electron chi connectivity index (χ1n) is 9.89. The summed E-state index contributed by atoms with van der Waals surface area (Å²) in [5.41, 5.74) is 4.26. The summed E-state index contributed by atoms with van der Waals surface area (Å²) in [7, 11) is 1.74. The number of nitrogens with one attached hydrogen (secondary N) is 1. The van der Waals surface area contributed by atoms with Crippen LogP contribution in [-0.2, 0) is 0 Å². The van der Waals surface area contributed by atoms with E-state index in [9.17, 15) is 4.39 Å². The molecule has 152 valence electrons. The van der Waals surface area contributed by atoms with Crippen molar-refractivity contribution in [2.24, 2.45) is 4.99 Å². The van der Waals surface area contributed by atoms with Crippen LogP contribution in [-0.4, -0.2) is 17.7 Å². The molecule has 0 bridgehead atoms. The Balaban J connectivity index is 1.79. The second-order valence-corrected chi connectivity index (χ2v) is 7.50. The first-order chi connectivity index (χ1) is 14.5. The lowest BCUT2D eigenvalue weighted by Crippen LogP contribution is -2.24. The molecule has 0 saturated carbocycles. The number of halogens is 2. The lowest BCUT2D eigenvalue weighted by Gasteiger charge is -2.31. The second kappa shape index (κ2) is 8.19. The Kier molecular flexibility index (Phi) is 5.44. The lowest BCUT2D eigenvalue weighted by molar-refractivity contribution is 0.572. The summed E-state index contributed by atoms with van der Waals surface area (Å²) in [5.74, 6) is -1.31. The van der Waals surface area contributed by atoms with Gasteiger partial charge in [-0.05, 0) is 49.4 Å². The molecule has 1 N–H and O–H groups in total. The highest BCUT2D eigenvalue weighted by Gasteiger charge is 2.29. The van der Waals surface area contributed by atoms with Crippen molar-refractivity contribution >= 4 is 16.5 Å². The Morgan fingerprint density at radius 2 is 1.97 bits per heavy atom. The number of hydrogen-bond acceptors (Lipinski definition) is 3. The van der Waals surface area contributed by atoms with Crippen LogP contribution in [0.4, 0.5) is 8.78 Å². The van der Waals surface area contributed by atoms with Crippen molar-refractivity contribution in [3.05, 3.63) is 89.4 Å². The van der Waals surface area contributed by atoms with E-state index in [2.05, 4.69) is 15.3 Å². The highest BCUT2D eigenvalue weighted by atomic mass is 19.1. The van der Waals surface area contributed by atoms with Crippen LogP contribution in [0.25, 0.3) is 22.0 Å². The van der Waals surface area contributed by atoms with Gasteiger partial charge in [0.2, 0.25) is 0 Å². The highest BCUT2D eigenvalue weighted by molar-refractivity contribution is 5.95. The molecule has 0 unspecified atom stereocenters. The molecule has 0 radical (unpaired) electrons. The quantitative estimate of drug-likeness (QED) is 0.520. The van der Waals surface area contributed by atoms with Gasteiger partial charge in [-0.25, -0.2) is 8.78 Å². The number of benzene rings is 2. The Morgan fingerprint density at radius 1 is 1.17 bits per heavy atom. The zero-order valence-electron chi connectivity index (χ0n) is 17.2. The molecule has 3 nitrogen and oxygen atoms in total. The summed E-state index contributed by atoms with van der Waals surface area (Å²) >= 11 is 0. The van der Waals surface area contributed by atoms with Gasteiger partial charge in [0.05, 0.1) is 5.69 Å². The number of hydrogen-bond donors (Lipinski definition) is 1. The van der Waals surface area contributed by atoms with E-state index in [1.54, 1.807) is 13.2 Å². The minimum absolute atomic E-state index is 0.131. The highest BCUT2D eigenvalue weighted by Crippen LogP contribution is 2.43. The van der Waals surface area contributed by atoms with Crippen molar-refractivity contribution < 1.29 is 8.78 Å². The molecule has 1 aliphatic rings. The molecule has 3 aromatic rings. The summed E-state index contributed by atoms with van der Waals surface area (Å²) < 4.78 is 29.3. The van der Waals surface area contributed by atoms with E-state index in [4.69, 9.17) is 0 Å². The van der Waals surface area contributed by atoms with Gasteiger partial charge in [-0.1, -0.05) is 30.3 Å². The molecule has 1 atom stereocenters. The average molecular weight is 403 g/mol. The van der Waals surface area contributed by atoms with Crippen molar-refractivity contribution in [1.29, 1.82) is 0 Å². The Hall–Kier alpha value is -3.34. The molecule has 2 aromatic carbocycles. The molecule has 4 rings (SSSR count). The molecular formula is C25H23F2N3. The van der Waals surface area contributed by atoms with Crippen molar-refractivity contribution in [2.75, 3.05) is 7.05 Å². The second-order valence-electron chi connectivity index (χ2n) is 7.50. The van der Waals surface area contributed by atoms with E-state index in [0.717, 1.165) is 33.9 Å². The van der Waals surface area contributed by atoms with Gasteiger partial charge in [0.1, 0.15) is 11.6 Å². The molecule has 30 heavy (non-hydrogen) atoms. The van der Waals surface area contributed by atoms with Crippen LogP contribution >= 0.6 is 0 Å². The predicted octanol–water partition coefficient (Wildman–Crippen LogP) is 6.14. The third-order valence-corrected chi connectivity index (χ3v) is 5.44. The third-order valence-electron chi connectivity index (χ3n) is 5.44. The molecule has 0 saturated heterocycles. The molecule has 0 fully saturated rings. The number of nitrogens with zero attached hydrogens (tertiary/aromatic N) is 2. The number of allylic oxidation sites excluding steroid dienone is 4. The smallest absolute Gasteiger partial charge is 0.135 e. The molecular weight excluding hydrogens is 380 g/mol. The monoisotopic (exact) mass is 403 g/mol. The standard InChI is InChI=1S/C25H23F2N3/c1-15(28-3)12-16(2)30-23-9-8-20(23)21-13-18(26)14-22(27)24(21)25-19-7-5-4-6-17(19)10-11-29-25/h4-7,9-14,20,30H,8H2,1-3H3/b16-12-,28-15?/t20-/m1/s1. The Bertz CT molecular complexity index is 1200. The third kappa shape index (κ3) is 3.75. The Labute approximate surface area is 174 Å². The van der Waals surface area contributed by atoms with E-state index >= 15 is 4.39 Å². The summed E-state index contributed by atoms with van der Waals surface area (Å²) in [4.78, 5) is 8.61. The van der Waals surface area contributed by atoms with E-state index in [1.165, 1.54) is 6.07 Å². The summed E-state index contributed by atoms with van der Waals surface area (Å²) in [5, 5.41) is 5.17. The number of rotatable bonds is 5. The van der Waals surface area contributed by atoms with E-state index in [1.807, 2.05) is 56.3 Å². The first-order valence-corrected chi connectivity index (χ1v) is 9.89. The van der Waals surface area contributed by atoms with Crippen LogP contribution in [0.15, 0.2) is 77.2 Å². The van der Waals surface area contributed by atoms with Crippen LogP contribution in [0.2, 0.25) is 0 Å². The molecule has 5 heteroatoms. The number of fused-ring (bicyclic) bond motifs is 1. The molecule has 1 aliphatic carbocycles. The van der Waals surface area contributed by atoms with E-state index < -0.39 is 11.6 Å². The molecule has 1 aromatic heterocycles. The number of aliphatic imine (C=N–C) groups is 1. The topological polar surface area (TPSA) is 37.3 Å². The number of pyridine rings is 1. The Morgan fingerprint density at radius 3 is 2.70 bits per heavy atom. The van der Waals surface area contributed by atoms with Gasteiger partial charge in [0, 0.05) is 53.3 Å². The van der Waals surface area contributed by atoms with Crippen LogP contribution in [0.3, 0.4) is 0 Å². The molecule has 0 aliphatic heterocycles. The van der Waals surface area contributed by atoms with Gasteiger partial charge in [-0.2, -0.15) is 0 Å². The fraction of sp³-hybridized carbons (Fsp3) is 0.200. The maximum absolute atomic E-state index is 15.1. The zero-order valence-corrected chi connectivity index (χ0v) is 17.2. The van der Waals surface area contributed by atoms with Gasteiger partial charge in [-0.3, -0.25) is 9.98 Å². The maximum Gasteiger partial charge on any atom is 0.135 e. The van der Waals surface area contributed by atoms with Gasteiger partial charge in [0.25, 0.3) is 0 Å². The molecule has 0 amide bonds. The fourth-order valence-electron chi connectivity index (χ4n) is 3.86. The summed E-state index contributed by atoms with van der Waals surface area (Å²) in [6.45, 7) is 3.87. The summed E-state index contributed by atoms with van der Waals surface area (Å²) in [6.07, 6.45) is 6.36. The average Bonchev–Trinajstić information content (AvgIpc) is 2.70. The van der Waals surface area contributed by atoms with Crippen molar-refractivity contribution in [3.63, 3.8) is 0 Å². The lowest BCUT2D eigenvalue weighted by atomic mass is 9.80. The van der Waals surface area contributed by atoms with Gasteiger partial charge >= 0.3 is 0 Å². The van der Waals surface area contributed by atoms with Gasteiger partial charge in [0.15, 0.2) is 0 Å². The zero-order chi connectivity index (χ0) is 21.3. The van der Waals surface area contributed by atoms with E-state index in [0.29, 0.717) is 23.2 Å². The predicted molar refractivity (Wildman–Crippen MR) is 118 cm³/mol. The van der Waals surface area contributed by atoms with Crippen molar-refractivity contribution in [3.8, 4) is 11.3 Å². The number of aromatic nitrogens is 1. The minimum Gasteiger partial charge on any atom is -0.362 e. The first kappa shape index (κ1) is 20.0. The normalized spacial score (nSPS) is 17.0. The largest absolute Gasteiger partial charge is 0.362 e. The fourth-order valence-corrected chi connectivity index (χ4v) is 3.86. The molecule has 1 heterocycles. The van der Waals surface area contributed by atoms with Crippen molar-refractivity contribution in [2.45, 2.75) is 26.2 Å². The van der Waals surface area contributed by atoms with Crippen LogP contribution in [0, 0.1) is 11.6 Å². The van der Waals surface area contributed by atoms with Crippen LogP contribution in [0.5, 0.6) is 0 Å². The van der Waals surface area contributed by atoms with E-state index in [-0.39, 0.29) is 5.92 Å². The van der Waals surface area contributed by atoms with Gasteiger partial charge in [-0.15, -0.1) is 0 Å². The summed E-state index contributed by atoms with van der Waals surface area (Å²) in [6, 6.07) is 12.0. The maximum atomic E-state index is 15.1. The SMILES string of the molecule is CN=C(C)/C=C(/C)NC1=CC[C@@H]1c1cc(F)cc(F)c1-c1nccc2ccccc12. The van der Waals surface area contributed by atoms with Crippen molar-refractivity contribution in [1.82, 2.24) is 10.3 Å². The minimum atomic E-state index is -0.596. The van der Waals surface area contributed by atoms with Crippen LogP contribution in [0.1, 0.15) is 31.7 Å².